The van der Waals surface area contributed by atoms with E-state index in [4.69, 9.17) is 0 Å². The quantitative estimate of drug-likeness (QED) is 0.696. The maximum Gasteiger partial charge on any atom is 0.215 e. The van der Waals surface area contributed by atoms with Crippen molar-refractivity contribution in [1.29, 1.82) is 0 Å². The van der Waals surface area contributed by atoms with Crippen LogP contribution in [0.3, 0.4) is 0 Å². The van der Waals surface area contributed by atoms with E-state index < -0.39 is 0 Å². The van der Waals surface area contributed by atoms with Crippen molar-refractivity contribution in [1.82, 2.24) is 10.3 Å². The van der Waals surface area contributed by atoms with E-state index in [9.17, 15) is 0 Å². The molecule has 0 spiro atoms. The Morgan fingerprint density at radius 3 is 2.61 bits per heavy atom. The van der Waals surface area contributed by atoms with Gasteiger partial charge in [-0.1, -0.05) is 60.2 Å². The van der Waals surface area contributed by atoms with Crippen LogP contribution in [0.1, 0.15) is 23.6 Å². The average Bonchev–Trinajstić information content (AvgIpc) is 3.01. The normalized spacial score (nSPS) is 14.8. The topological polar surface area (TPSA) is 40.0 Å². The Morgan fingerprint density at radius 1 is 1.13 bits per heavy atom. The SMILES string of the molecule is C/C(=N/NC1=NCCN1Cc1ccccc1)c1ccc(C)cc1. The molecule has 3 rings (SSSR count). The van der Waals surface area contributed by atoms with Crippen molar-refractivity contribution < 1.29 is 0 Å². The minimum atomic E-state index is 0.814. The van der Waals surface area contributed by atoms with Gasteiger partial charge < -0.3 is 4.90 Å². The molecule has 0 bridgehead atoms. The molecule has 1 heterocycles. The van der Waals surface area contributed by atoms with Gasteiger partial charge in [0.25, 0.3) is 0 Å². The van der Waals surface area contributed by atoms with E-state index >= 15 is 0 Å². The third-order valence-corrected chi connectivity index (χ3v) is 3.94. The smallest absolute Gasteiger partial charge is 0.215 e. The summed E-state index contributed by atoms with van der Waals surface area (Å²) >= 11 is 0. The van der Waals surface area contributed by atoms with Crippen LogP contribution in [0.15, 0.2) is 64.7 Å². The largest absolute Gasteiger partial charge is 0.335 e. The fraction of sp³-hybridized carbons (Fsp3) is 0.263. The second kappa shape index (κ2) is 7.09. The summed E-state index contributed by atoms with van der Waals surface area (Å²) in [6.45, 7) is 6.69. The van der Waals surface area contributed by atoms with Crippen LogP contribution < -0.4 is 5.43 Å². The third kappa shape index (κ3) is 3.97. The predicted octanol–water partition coefficient (Wildman–Crippen LogP) is 3.18. The molecule has 2 aromatic carbocycles. The van der Waals surface area contributed by atoms with Crippen LogP contribution in [0.2, 0.25) is 0 Å². The first kappa shape index (κ1) is 15.3. The van der Waals surface area contributed by atoms with Crippen LogP contribution in [0.25, 0.3) is 0 Å². The molecule has 0 saturated heterocycles. The van der Waals surface area contributed by atoms with E-state index in [2.05, 4.69) is 75.9 Å². The number of aliphatic imine (C=N–C) groups is 1. The molecule has 23 heavy (non-hydrogen) atoms. The highest BCUT2D eigenvalue weighted by atomic mass is 15.4. The second-order valence-electron chi connectivity index (χ2n) is 5.79. The van der Waals surface area contributed by atoms with E-state index in [0.29, 0.717) is 0 Å². The first-order chi connectivity index (χ1) is 11.2. The fourth-order valence-corrected chi connectivity index (χ4v) is 2.54. The minimum Gasteiger partial charge on any atom is -0.335 e. The summed E-state index contributed by atoms with van der Waals surface area (Å²) in [6, 6.07) is 18.8. The molecule has 1 N–H and O–H groups in total. The summed E-state index contributed by atoms with van der Waals surface area (Å²) in [6.07, 6.45) is 0. The Balaban J connectivity index is 1.64. The van der Waals surface area contributed by atoms with Gasteiger partial charge in [0.15, 0.2) is 0 Å². The number of nitrogens with one attached hydrogen (secondary N) is 1. The summed E-state index contributed by atoms with van der Waals surface area (Å²) in [5.41, 5.74) is 7.74. The van der Waals surface area contributed by atoms with Crippen LogP contribution >= 0.6 is 0 Å². The number of hydrazone groups is 1. The van der Waals surface area contributed by atoms with E-state index in [1.807, 2.05) is 13.0 Å². The van der Waals surface area contributed by atoms with Gasteiger partial charge in [-0.3, -0.25) is 0 Å². The maximum absolute atomic E-state index is 4.52. The molecule has 0 aliphatic carbocycles. The second-order valence-corrected chi connectivity index (χ2v) is 5.79. The Morgan fingerprint density at radius 2 is 1.87 bits per heavy atom. The van der Waals surface area contributed by atoms with Gasteiger partial charge in [0.2, 0.25) is 5.96 Å². The molecule has 0 unspecified atom stereocenters. The van der Waals surface area contributed by atoms with Crippen molar-refractivity contribution in [2.24, 2.45) is 10.1 Å². The van der Waals surface area contributed by atoms with Gasteiger partial charge in [-0.05, 0) is 25.0 Å². The standard InChI is InChI=1S/C19H22N4/c1-15-8-10-18(11-9-15)16(2)21-22-19-20-12-13-23(19)14-17-6-4-3-5-7-17/h3-11H,12-14H2,1-2H3,(H,20,22)/b21-16-. The number of benzene rings is 2. The molecule has 4 nitrogen and oxygen atoms in total. The summed E-state index contributed by atoms with van der Waals surface area (Å²) in [5.74, 6) is 0.848. The number of aryl methyl sites for hydroxylation is 1. The van der Waals surface area contributed by atoms with Gasteiger partial charge in [0.1, 0.15) is 0 Å². The highest BCUT2D eigenvalue weighted by Crippen LogP contribution is 2.09. The third-order valence-electron chi connectivity index (χ3n) is 3.94. The molecule has 0 radical (unpaired) electrons. The summed E-state index contributed by atoms with van der Waals surface area (Å²) in [7, 11) is 0. The average molecular weight is 306 g/mol. The summed E-state index contributed by atoms with van der Waals surface area (Å²) in [4.78, 5) is 6.74. The lowest BCUT2D eigenvalue weighted by molar-refractivity contribution is 0.438. The Labute approximate surface area is 137 Å². The lowest BCUT2D eigenvalue weighted by Gasteiger charge is -2.19. The van der Waals surface area contributed by atoms with E-state index in [1.54, 1.807) is 0 Å². The van der Waals surface area contributed by atoms with Gasteiger partial charge in [0.05, 0.1) is 12.3 Å². The first-order valence-electron chi connectivity index (χ1n) is 7.93. The van der Waals surface area contributed by atoms with Crippen molar-refractivity contribution in [2.75, 3.05) is 13.1 Å². The number of hydrogen-bond donors (Lipinski definition) is 1. The van der Waals surface area contributed by atoms with Crippen LogP contribution in [0.5, 0.6) is 0 Å². The van der Waals surface area contributed by atoms with Crippen molar-refractivity contribution in [3.63, 3.8) is 0 Å². The predicted molar refractivity (Wildman–Crippen MR) is 95.7 cm³/mol. The summed E-state index contributed by atoms with van der Waals surface area (Å²) < 4.78 is 0. The monoisotopic (exact) mass is 306 g/mol. The van der Waals surface area contributed by atoms with Crippen molar-refractivity contribution >= 4 is 11.7 Å². The van der Waals surface area contributed by atoms with Crippen molar-refractivity contribution in [2.45, 2.75) is 20.4 Å². The lowest BCUT2D eigenvalue weighted by Crippen LogP contribution is -2.35. The molecule has 0 aromatic heterocycles. The van der Waals surface area contributed by atoms with Gasteiger partial charge in [-0.15, -0.1) is 0 Å². The van der Waals surface area contributed by atoms with Crippen LogP contribution in [-0.2, 0) is 6.54 Å². The molecular weight excluding hydrogens is 284 g/mol. The van der Waals surface area contributed by atoms with E-state index in [-0.39, 0.29) is 0 Å². The molecule has 0 atom stereocenters. The number of nitrogens with zero attached hydrogens (tertiary/aromatic N) is 3. The van der Waals surface area contributed by atoms with Gasteiger partial charge >= 0.3 is 0 Å². The highest BCUT2D eigenvalue weighted by molar-refractivity contribution is 5.99. The zero-order valence-corrected chi connectivity index (χ0v) is 13.7. The molecule has 0 amide bonds. The van der Waals surface area contributed by atoms with Crippen molar-refractivity contribution in [3.05, 3.63) is 71.3 Å². The Bertz CT molecular complexity index is 702. The van der Waals surface area contributed by atoms with Crippen LogP contribution in [-0.4, -0.2) is 29.7 Å². The zero-order valence-electron chi connectivity index (χ0n) is 13.7. The van der Waals surface area contributed by atoms with Gasteiger partial charge in [0, 0.05) is 13.1 Å². The molecule has 2 aromatic rings. The number of guanidine groups is 1. The van der Waals surface area contributed by atoms with Crippen LogP contribution in [0, 0.1) is 6.92 Å². The van der Waals surface area contributed by atoms with Crippen LogP contribution in [0.4, 0.5) is 0 Å². The lowest BCUT2D eigenvalue weighted by atomic mass is 10.1. The minimum absolute atomic E-state index is 0.814. The maximum atomic E-state index is 4.52. The zero-order chi connectivity index (χ0) is 16.1. The Kier molecular flexibility index (Phi) is 4.71. The fourth-order valence-electron chi connectivity index (χ4n) is 2.54. The molecule has 1 aliphatic rings. The first-order valence-corrected chi connectivity index (χ1v) is 7.93. The summed E-state index contributed by atoms with van der Waals surface area (Å²) in [5, 5.41) is 4.49. The Hall–Kier alpha value is -2.62. The molecular formula is C19H22N4. The highest BCUT2D eigenvalue weighted by Gasteiger charge is 2.16. The molecule has 118 valence electrons. The van der Waals surface area contributed by atoms with E-state index in [1.165, 1.54) is 11.1 Å². The van der Waals surface area contributed by atoms with Crippen molar-refractivity contribution in [3.8, 4) is 0 Å². The van der Waals surface area contributed by atoms with E-state index in [0.717, 1.165) is 36.9 Å². The van der Waals surface area contributed by atoms with Gasteiger partial charge in [-0.25, -0.2) is 10.4 Å². The number of rotatable bonds is 4. The van der Waals surface area contributed by atoms with Gasteiger partial charge in [-0.2, -0.15) is 5.10 Å². The number of hydrogen-bond acceptors (Lipinski definition) is 4. The molecule has 0 fully saturated rings. The molecule has 0 saturated carbocycles. The molecule has 1 aliphatic heterocycles. The molecule has 4 heteroatoms.